The lowest BCUT2D eigenvalue weighted by molar-refractivity contribution is 0.0363. The van der Waals surface area contributed by atoms with Crippen molar-refractivity contribution in [2.75, 3.05) is 5.73 Å². The quantitative estimate of drug-likeness (QED) is 0.785. The number of nitrogens with two attached hydrogens (primary N) is 1. The van der Waals surface area contributed by atoms with Crippen molar-refractivity contribution < 1.29 is 23.8 Å². The number of nitrogens with zero attached hydrogens (tertiary/aromatic N) is 2. The molecule has 6 nitrogen and oxygen atoms in total. The predicted octanol–water partition coefficient (Wildman–Crippen LogP) is 2.53. The number of carboxylic acid groups (broad SMARTS) is 1. The second kappa shape index (κ2) is 6.72. The van der Waals surface area contributed by atoms with E-state index in [1.165, 1.54) is 18.3 Å². The van der Waals surface area contributed by atoms with E-state index in [2.05, 4.69) is 9.97 Å². The van der Waals surface area contributed by atoms with Gasteiger partial charge in [-0.3, -0.25) is 0 Å². The van der Waals surface area contributed by atoms with E-state index in [1.807, 2.05) is 0 Å². The number of carbonyl (C=O) groups is 1. The van der Waals surface area contributed by atoms with Gasteiger partial charge in [0, 0.05) is 11.5 Å². The Morgan fingerprint density at radius 1 is 1.32 bits per heavy atom. The van der Waals surface area contributed by atoms with E-state index in [9.17, 15) is 23.8 Å². The highest BCUT2D eigenvalue weighted by Crippen LogP contribution is 2.35. The van der Waals surface area contributed by atoms with Crippen LogP contribution in [0.5, 0.6) is 0 Å². The van der Waals surface area contributed by atoms with Gasteiger partial charge in [-0.1, -0.05) is 12.1 Å². The molecule has 1 aliphatic carbocycles. The number of benzene rings is 1. The topological polar surface area (TPSA) is 109 Å². The Bertz CT molecular complexity index is 816. The minimum atomic E-state index is -1.44. The lowest BCUT2D eigenvalue weighted by atomic mass is 9.84. The van der Waals surface area contributed by atoms with Gasteiger partial charge in [0.2, 0.25) is 0 Å². The molecule has 1 fully saturated rings. The number of aromatic nitrogens is 2. The second-order valence-electron chi connectivity index (χ2n) is 6.09. The molecule has 0 saturated heterocycles. The van der Waals surface area contributed by atoms with Crippen LogP contribution in [0.1, 0.15) is 41.2 Å². The molecule has 0 unspecified atom stereocenters. The van der Waals surface area contributed by atoms with Crippen LogP contribution < -0.4 is 5.73 Å². The van der Waals surface area contributed by atoms with Crippen LogP contribution in [0.25, 0.3) is 11.3 Å². The van der Waals surface area contributed by atoms with Crippen molar-refractivity contribution >= 4 is 11.8 Å². The number of halogens is 2. The van der Waals surface area contributed by atoms with Crippen LogP contribution in [-0.2, 0) is 0 Å². The van der Waals surface area contributed by atoms with Crippen LogP contribution in [0.2, 0.25) is 0 Å². The molecule has 25 heavy (non-hydrogen) atoms. The maximum atomic E-state index is 13.9. The van der Waals surface area contributed by atoms with E-state index in [0.29, 0.717) is 18.5 Å². The Kier molecular flexibility index (Phi) is 4.63. The van der Waals surface area contributed by atoms with Crippen molar-refractivity contribution in [1.29, 1.82) is 0 Å². The Hall–Kier alpha value is -2.61. The second-order valence-corrected chi connectivity index (χ2v) is 6.09. The van der Waals surface area contributed by atoms with Crippen molar-refractivity contribution in [3.63, 3.8) is 0 Å². The number of carboxylic acids is 1. The van der Waals surface area contributed by atoms with Crippen LogP contribution >= 0.6 is 0 Å². The molecule has 2 aromatic rings. The number of nitrogen functional groups attached to an aromatic ring is 1. The van der Waals surface area contributed by atoms with Gasteiger partial charge in [-0.05, 0) is 25.3 Å². The van der Waals surface area contributed by atoms with E-state index in [-0.39, 0.29) is 29.4 Å². The standard InChI is InChI=1S/C17H17F2N3O3/c18-10-3-1-2-9(14(10)17(24)25)15-16(20)21-7-12(22-15)8-4-5-13(23)11(19)6-8/h1-3,7-8,11,13,23H,4-6H2,(H2,20,21)(H,24,25)/t8-,11-,13-/m0/s1. The maximum absolute atomic E-state index is 13.9. The van der Waals surface area contributed by atoms with Crippen LogP contribution in [-0.4, -0.2) is 38.4 Å². The van der Waals surface area contributed by atoms with Gasteiger partial charge in [0.1, 0.15) is 29.1 Å². The molecule has 4 N–H and O–H groups in total. The van der Waals surface area contributed by atoms with Crippen LogP contribution in [0, 0.1) is 5.82 Å². The van der Waals surface area contributed by atoms with Gasteiger partial charge in [0.05, 0.1) is 18.0 Å². The average molecular weight is 349 g/mol. The number of hydrogen-bond acceptors (Lipinski definition) is 5. The maximum Gasteiger partial charge on any atom is 0.339 e. The fourth-order valence-electron chi connectivity index (χ4n) is 3.11. The molecule has 1 aromatic carbocycles. The zero-order valence-electron chi connectivity index (χ0n) is 13.2. The molecule has 0 radical (unpaired) electrons. The first-order valence-corrected chi connectivity index (χ1v) is 7.85. The molecule has 8 heteroatoms. The fourth-order valence-corrected chi connectivity index (χ4v) is 3.11. The number of aliphatic hydroxyl groups is 1. The number of rotatable bonds is 3. The Morgan fingerprint density at radius 3 is 2.76 bits per heavy atom. The molecule has 1 aromatic heterocycles. The molecule has 3 rings (SSSR count). The molecule has 0 bridgehead atoms. The van der Waals surface area contributed by atoms with Gasteiger partial charge in [-0.15, -0.1) is 0 Å². The molecule has 1 saturated carbocycles. The van der Waals surface area contributed by atoms with Crippen molar-refractivity contribution in [3.8, 4) is 11.3 Å². The van der Waals surface area contributed by atoms with Gasteiger partial charge >= 0.3 is 5.97 Å². The zero-order chi connectivity index (χ0) is 18.1. The number of aliphatic hydroxyl groups excluding tert-OH is 1. The fraction of sp³-hybridized carbons (Fsp3) is 0.353. The monoisotopic (exact) mass is 349 g/mol. The van der Waals surface area contributed by atoms with Crippen molar-refractivity contribution in [1.82, 2.24) is 9.97 Å². The predicted molar refractivity (Wildman–Crippen MR) is 86.3 cm³/mol. The van der Waals surface area contributed by atoms with Gasteiger partial charge in [0.15, 0.2) is 0 Å². The largest absolute Gasteiger partial charge is 0.478 e. The van der Waals surface area contributed by atoms with E-state index in [4.69, 9.17) is 5.73 Å². The summed E-state index contributed by atoms with van der Waals surface area (Å²) in [6, 6.07) is 3.80. The molecule has 1 heterocycles. The number of anilines is 1. The molecule has 132 valence electrons. The molecule has 1 aliphatic rings. The van der Waals surface area contributed by atoms with Crippen LogP contribution in [0.15, 0.2) is 24.4 Å². The van der Waals surface area contributed by atoms with Gasteiger partial charge in [-0.2, -0.15) is 0 Å². The Morgan fingerprint density at radius 2 is 2.08 bits per heavy atom. The summed E-state index contributed by atoms with van der Waals surface area (Å²) in [5, 5.41) is 18.8. The van der Waals surface area contributed by atoms with E-state index in [1.54, 1.807) is 0 Å². The van der Waals surface area contributed by atoms with E-state index < -0.39 is 29.6 Å². The summed E-state index contributed by atoms with van der Waals surface area (Å²) in [4.78, 5) is 19.8. The summed E-state index contributed by atoms with van der Waals surface area (Å²) in [5.41, 5.74) is 5.79. The average Bonchev–Trinajstić information content (AvgIpc) is 2.57. The minimum Gasteiger partial charge on any atom is -0.478 e. The lowest BCUT2D eigenvalue weighted by Crippen LogP contribution is -2.30. The smallest absolute Gasteiger partial charge is 0.339 e. The third kappa shape index (κ3) is 3.30. The normalized spacial score (nSPS) is 23.4. The van der Waals surface area contributed by atoms with Crippen molar-refractivity contribution in [2.45, 2.75) is 37.5 Å². The third-order valence-corrected chi connectivity index (χ3v) is 4.46. The molecular weight excluding hydrogens is 332 g/mol. The molecule has 3 atom stereocenters. The number of aromatic carboxylic acids is 1. The first kappa shape index (κ1) is 17.2. The summed E-state index contributed by atoms with van der Waals surface area (Å²) < 4.78 is 27.7. The summed E-state index contributed by atoms with van der Waals surface area (Å²) in [5.74, 6) is -2.65. The first-order chi connectivity index (χ1) is 11.9. The van der Waals surface area contributed by atoms with E-state index in [0.717, 1.165) is 6.07 Å². The Labute approximate surface area is 142 Å². The summed E-state index contributed by atoms with van der Waals surface area (Å²) in [7, 11) is 0. The third-order valence-electron chi connectivity index (χ3n) is 4.46. The van der Waals surface area contributed by atoms with Crippen LogP contribution in [0.3, 0.4) is 0 Å². The van der Waals surface area contributed by atoms with Gasteiger partial charge in [0.25, 0.3) is 0 Å². The van der Waals surface area contributed by atoms with Crippen LogP contribution in [0.4, 0.5) is 14.6 Å². The zero-order valence-corrected chi connectivity index (χ0v) is 13.2. The minimum absolute atomic E-state index is 0.0204. The first-order valence-electron chi connectivity index (χ1n) is 7.85. The molecule has 0 amide bonds. The van der Waals surface area contributed by atoms with Gasteiger partial charge < -0.3 is 15.9 Å². The van der Waals surface area contributed by atoms with Crippen molar-refractivity contribution in [2.24, 2.45) is 0 Å². The lowest BCUT2D eigenvalue weighted by Gasteiger charge is -2.28. The van der Waals surface area contributed by atoms with Crippen molar-refractivity contribution in [3.05, 3.63) is 41.5 Å². The molecule has 0 spiro atoms. The highest BCUT2D eigenvalue weighted by Gasteiger charge is 2.31. The summed E-state index contributed by atoms with van der Waals surface area (Å²) in [6.07, 6.45) is -0.0196. The summed E-state index contributed by atoms with van der Waals surface area (Å²) >= 11 is 0. The number of alkyl halides is 1. The molecule has 0 aliphatic heterocycles. The Balaban J connectivity index is 2.04. The highest BCUT2D eigenvalue weighted by molar-refractivity contribution is 5.97. The van der Waals surface area contributed by atoms with Gasteiger partial charge in [-0.25, -0.2) is 23.5 Å². The summed E-state index contributed by atoms with van der Waals surface area (Å²) in [6.45, 7) is 0. The highest BCUT2D eigenvalue weighted by atomic mass is 19.1. The SMILES string of the molecule is Nc1ncc([C@H]2CC[C@H](O)[C@@H](F)C2)nc1-c1cccc(F)c1C(=O)O. The number of hydrogen-bond donors (Lipinski definition) is 3. The molecular formula is C17H17F2N3O3. The van der Waals surface area contributed by atoms with E-state index >= 15 is 0 Å².